The van der Waals surface area contributed by atoms with E-state index in [9.17, 15) is 0 Å². The molecule has 0 fully saturated rings. The lowest BCUT2D eigenvalue weighted by Crippen LogP contribution is -2.46. The van der Waals surface area contributed by atoms with Crippen molar-refractivity contribution >= 4 is 0 Å². The van der Waals surface area contributed by atoms with Gasteiger partial charge in [0.25, 0.3) is 0 Å². The van der Waals surface area contributed by atoms with Crippen molar-refractivity contribution in [3.63, 3.8) is 0 Å². The van der Waals surface area contributed by atoms with Crippen molar-refractivity contribution in [2.45, 2.75) is 78.7 Å². The molecule has 0 saturated heterocycles. The molecule has 0 aliphatic carbocycles. The third-order valence-corrected chi connectivity index (χ3v) is 5.37. The van der Waals surface area contributed by atoms with Gasteiger partial charge in [0.2, 0.25) is 0 Å². The molecule has 0 amide bonds. The third kappa shape index (κ3) is 9.52. The van der Waals surface area contributed by atoms with Gasteiger partial charge >= 0.3 is 0 Å². The Morgan fingerprint density at radius 1 is 1.09 bits per heavy atom. The van der Waals surface area contributed by atoms with E-state index in [1.54, 1.807) is 5.57 Å². The normalized spacial score (nSPS) is 17.1. The minimum atomic E-state index is 0.737. The Kier molecular flexibility index (Phi) is 11.9. The summed E-state index contributed by atoms with van der Waals surface area (Å²) in [5, 5.41) is 3.29. The molecule has 138 valence electrons. The fourth-order valence-electron chi connectivity index (χ4n) is 3.59. The van der Waals surface area contributed by atoms with Gasteiger partial charge in [0.1, 0.15) is 0 Å². The Morgan fingerprint density at radius 3 is 2.17 bits per heavy atom. The van der Waals surface area contributed by atoms with Gasteiger partial charge in [0, 0.05) is 12.8 Å². The van der Waals surface area contributed by atoms with Crippen LogP contribution < -0.4 is 5.32 Å². The molecule has 0 aromatic heterocycles. The predicted molar refractivity (Wildman–Crippen MR) is 106 cm³/mol. The lowest BCUT2D eigenvalue weighted by molar-refractivity contribution is -0.897. The summed E-state index contributed by atoms with van der Waals surface area (Å²) >= 11 is 0. The van der Waals surface area contributed by atoms with Gasteiger partial charge in [-0.15, -0.1) is 0 Å². The van der Waals surface area contributed by atoms with Crippen LogP contribution in [0.25, 0.3) is 0 Å². The van der Waals surface area contributed by atoms with Crippen molar-refractivity contribution in [3.8, 4) is 0 Å². The molecule has 0 rings (SSSR count). The minimum absolute atomic E-state index is 0.737. The fourth-order valence-corrected chi connectivity index (χ4v) is 3.59. The topological polar surface area (TPSA) is 12.0 Å². The van der Waals surface area contributed by atoms with E-state index in [0.717, 1.165) is 28.9 Å². The molecule has 3 atom stereocenters. The van der Waals surface area contributed by atoms with E-state index in [-0.39, 0.29) is 0 Å². The summed E-state index contributed by atoms with van der Waals surface area (Å²) in [5.41, 5.74) is 1.69. The molecule has 0 radical (unpaired) electrons. The molecule has 0 heterocycles. The standard InChI is InChI=1S/C21H45N2/c1-9-13-18(4)20(11-3)16-19(10-2)17-21(23(6,7)8)14-12-15-22-5/h16,18-19,21-22H,9-15,17H2,1-8H3/q+1. The molecule has 0 aliphatic heterocycles. The van der Waals surface area contributed by atoms with E-state index >= 15 is 0 Å². The second kappa shape index (κ2) is 12.1. The number of nitrogens with one attached hydrogen (secondary N) is 1. The summed E-state index contributed by atoms with van der Waals surface area (Å²) in [4.78, 5) is 0. The molecule has 1 N–H and O–H groups in total. The number of allylic oxidation sites excluding steroid dienone is 2. The lowest BCUT2D eigenvalue weighted by atomic mass is 9.86. The zero-order chi connectivity index (χ0) is 17.9. The molecule has 0 spiro atoms. The van der Waals surface area contributed by atoms with Crippen molar-refractivity contribution in [2.24, 2.45) is 11.8 Å². The van der Waals surface area contributed by atoms with Crippen LogP contribution >= 0.6 is 0 Å². The second-order valence-electron chi connectivity index (χ2n) is 8.20. The van der Waals surface area contributed by atoms with Gasteiger partial charge < -0.3 is 9.80 Å². The largest absolute Gasteiger partial charge is 0.328 e. The number of nitrogens with zero attached hydrogens (tertiary/aromatic N) is 1. The second-order valence-corrected chi connectivity index (χ2v) is 8.20. The van der Waals surface area contributed by atoms with Gasteiger partial charge in [-0.3, -0.25) is 0 Å². The number of hydrogen-bond donors (Lipinski definition) is 1. The van der Waals surface area contributed by atoms with Crippen LogP contribution in [0.3, 0.4) is 0 Å². The van der Waals surface area contributed by atoms with Crippen LogP contribution in [0, 0.1) is 11.8 Å². The average Bonchev–Trinajstić information content (AvgIpc) is 2.48. The monoisotopic (exact) mass is 325 g/mol. The van der Waals surface area contributed by atoms with Crippen LogP contribution in [-0.4, -0.2) is 45.3 Å². The Bertz CT molecular complexity index is 314. The average molecular weight is 326 g/mol. The van der Waals surface area contributed by atoms with E-state index in [1.807, 2.05) is 0 Å². The highest BCUT2D eigenvalue weighted by Gasteiger charge is 2.26. The number of quaternary nitrogens is 1. The quantitative estimate of drug-likeness (QED) is 0.277. The summed E-state index contributed by atoms with van der Waals surface area (Å²) in [6.07, 6.45) is 11.7. The molecule has 0 bridgehead atoms. The molecule has 0 saturated carbocycles. The van der Waals surface area contributed by atoms with Gasteiger partial charge in [0.15, 0.2) is 0 Å². The summed E-state index contributed by atoms with van der Waals surface area (Å²) in [6, 6.07) is 0.754. The third-order valence-electron chi connectivity index (χ3n) is 5.37. The summed E-state index contributed by atoms with van der Waals surface area (Å²) in [7, 11) is 9.14. The highest BCUT2D eigenvalue weighted by atomic mass is 15.3. The van der Waals surface area contributed by atoms with Crippen molar-refractivity contribution in [1.29, 1.82) is 0 Å². The smallest absolute Gasteiger partial charge is 0.0890 e. The Labute approximate surface area is 147 Å². The first-order valence-electron chi connectivity index (χ1n) is 9.96. The minimum Gasteiger partial charge on any atom is -0.328 e. The molecule has 2 nitrogen and oxygen atoms in total. The van der Waals surface area contributed by atoms with E-state index in [0.29, 0.717) is 0 Å². The first kappa shape index (κ1) is 22.7. The molecular weight excluding hydrogens is 280 g/mol. The van der Waals surface area contributed by atoms with Gasteiger partial charge in [-0.1, -0.05) is 45.8 Å². The first-order chi connectivity index (χ1) is 10.8. The van der Waals surface area contributed by atoms with Gasteiger partial charge in [-0.2, -0.15) is 0 Å². The summed E-state index contributed by atoms with van der Waals surface area (Å²) < 4.78 is 1.08. The maximum atomic E-state index is 3.29. The Morgan fingerprint density at radius 2 is 1.74 bits per heavy atom. The lowest BCUT2D eigenvalue weighted by Gasteiger charge is -2.36. The van der Waals surface area contributed by atoms with Gasteiger partial charge in [-0.25, -0.2) is 0 Å². The van der Waals surface area contributed by atoms with Crippen LogP contribution in [0.4, 0.5) is 0 Å². The van der Waals surface area contributed by atoms with Crippen LogP contribution in [0.15, 0.2) is 11.6 Å². The summed E-state index contributed by atoms with van der Waals surface area (Å²) in [6.45, 7) is 10.5. The zero-order valence-corrected chi connectivity index (χ0v) is 17.4. The molecule has 2 heteroatoms. The van der Waals surface area contributed by atoms with E-state index < -0.39 is 0 Å². The molecule has 3 unspecified atom stereocenters. The Hall–Kier alpha value is -0.340. The van der Waals surface area contributed by atoms with Crippen molar-refractivity contribution < 1.29 is 4.48 Å². The highest BCUT2D eigenvalue weighted by Crippen LogP contribution is 2.27. The van der Waals surface area contributed by atoms with E-state index in [1.165, 1.54) is 44.9 Å². The molecule has 0 aromatic carbocycles. The zero-order valence-electron chi connectivity index (χ0n) is 17.4. The predicted octanol–water partition coefficient (Wildman–Crippen LogP) is 5.25. The maximum Gasteiger partial charge on any atom is 0.0890 e. The summed E-state index contributed by atoms with van der Waals surface area (Å²) in [5.74, 6) is 1.49. The molecule has 0 aromatic rings. The first-order valence-corrected chi connectivity index (χ1v) is 9.96. The van der Waals surface area contributed by atoms with Crippen LogP contribution in [0.2, 0.25) is 0 Å². The van der Waals surface area contributed by atoms with Gasteiger partial charge in [0.05, 0.1) is 27.2 Å². The van der Waals surface area contributed by atoms with Crippen LogP contribution in [-0.2, 0) is 0 Å². The van der Waals surface area contributed by atoms with Crippen molar-refractivity contribution in [1.82, 2.24) is 5.32 Å². The van der Waals surface area contributed by atoms with E-state index in [4.69, 9.17) is 0 Å². The van der Waals surface area contributed by atoms with E-state index in [2.05, 4.69) is 67.3 Å². The molecular formula is C21H45N2+. The highest BCUT2D eigenvalue weighted by molar-refractivity contribution is 5.07. The molecule has 23 heavy (non-hydrogen) atoms. The van der Waals surface area contributed by atoms with Crippen molar-refractivity contribution in [3.05, 3.63) is 11.6 Å². The Balaban J connectivity index is 4.95. The maximum absolute atomic E-state index is 3.29. The fraction of sp³-hybridized carbons (Fsp3) is 0.905. The van der Waals surface area contributed by atoms with Crippen molar-refractivity contribution in [2.75, 3.05) is 34.7 Å². The van der Waals surface area contributed by atoms with Gasteiger partial charge in [-0.05, 0) is 51.1 Å². The SMILES string of the molecule is CCCC(C)C(=CC(CC)CC(CCCNC)[N+](C)(C)C)CC. The number of rotatable bonds is 13. The number of hydrogen-bond acceptors (Lipinski definition) is 1. The van der Waals surface area contributed by atoms with Crippen LogP contribution in [0.5, 0.6) is 0 Å². The molecule has 0 aliphatic rings. The van der Waals surface area contributed by atoms with Crippen LogP contribution in [0.1, 0.15) is 72.6 Å².